The summed E-state index contributed by atoms with van der Waals surface area (Å²) >= 11 is 5.80. The number of amides is 1. The number of benzene rings is 3. The number of hydrogen-bond donors (Lipinski definition) is 3. The Labute approximate surface area is 184 Å². The third kappa shape index (κ3) is 4.77. The van der Waals surface area contributed by atoms with Gasteiger partial charge in [-0.05, 0) is 55.5 Å². The van der Waals surface area contributed by atoms with Crippen LogP contribution < -0.4 is 10.0 Å². The summed E-state index contributed by atoms with van der Waals surface area (Å²) in [6, 6.07) is 19.6. The predicted octanol–water partition coefficient (Wildman–Crippen LogP) is 4.19. The number of aromatic nitrogens is 2. The fourth-order valence-electron chi connectivity index (χ4n) is 3.05. The van der Waals surface area contributed by atoms with Crippen LogP contribution in [0.15, 0.2) is 77.7 Å². The molecule has 0 saturated heterocycles. The van der Waals surface area contributed by atoms with Gasteiger partial charge in [0.05, 0.1) is 22.0 Å². The number of H-pyrrole nitrogens is 1. The molecule has 0 aliphatic heterocycles. The van der Waals surface area contributed by atoms with E-state index in [4.69, 9.17) is 11.6 Å². The monoisotopic (exact) mass is 454 g/mol. The Morgan fingerprint density at radius 2 is 1.77 bits per heavy atom. The van der Waals surface area contributed by atoms with Gasteiger partial charge in [0.2, 0.25) is 15.9 Å². The largest absolute Gasteiger partial charge is 0.338 e. The molecule has 9 heteroatoms. The average molecular weight is 455 g/mol. The molecule has 0 spiro atoms. The van der Waals surface area contributed by atoms with Gasteiger partial charge >= 0.3 is 0 Å². The zero-order chi connectivity index (χ0) is 22.0. The molecule has 158 valence electrons. The van der Waals surface area contributed by atoms with Crippen LogP contribution in [0.5, 0.6) is 0 Å². The van der Waals surface area contributed by atoms with Crippen LogP contribution in [0.1, 0.15) is 6.92 Å². The molecule has 1 aromatic heterocycles. The molecule has 4 rings (SSSR count). The van der Waals surface area contributed by atoms with E-state index in [-0.39, 0.29) is 4.90 Å². The maximum Gasteiger partial charge on any atom is 0.242 e. The van der Waals surface area contributed by atoms with E-state index in [1.54, 1.807) is 18.2 Å². The van der Waals surface area contributed by atoms with Crippen molar-refractivity contribution in [2.75, 3.05) is 5.32 Å². The molecule has 3 aromatic carbocycles. The highest BCUT2D eigenvalue weighted by Gasteiger charge is 2.22. The lowest BCUT2D eigenvalue weighted by Crippen LogP contribution is -2.41. The minimum atomic E-state index is -3.86. The summed E-state index contributed by atoms with van der Waals surface area (Å²) in [4.78, 5) is 20.4. The van der Waals surface area contributed by atoms with Gasteiger partial charge < -0.3 is 10.3 Å². The first-order chi connectivity index (χ1) is 14.8. The highest BCUT2D eigenvalue weighted by molar-refractivity contribution is 7.89. The minimum Gasteiger partial charge on any atom is -0.338 e. The number of sulfonamides is 1. The number of nitrogens with one attached hydrogen (secondary N) is 3. The third-order valence-corrected chi connectivity index (χ3v) is 6.45. The van der Waals surface area contributed by atoms with E-state index in [9.17, 15) is 13.2 Å². The normalized spacial score (nSPS) is 12.6. The van der Waals surface area contributed by atoms with Gasteiger partial charge in [-0.1, -0.05) is 35.9 Å². The van der Waals surface area contributed by atoms with E-state index >= 15 is 0 Å². The van der Waals surface area contributed by atoms with Crippen LogP contribution >= 0.6 is 11.6 Å². The van der Waals surface area contributed by atoms with E-state index in [0.29, 0.717) is 16.5 Å². The maximum absolute atomic E-state index is 12.6. The fourth-order valence-corrected chi connectivity index (χ4v) is 4.38. The Morgan fingerprint density at radius 1 is 1.03 bits per heavy atom. The lowest BCUT2D eigenvalue weighted by molar-refractivity contribution is -0.117. The number of fused-ring (bicyclic) bond motifs is 1. The summed E-state index contributed by atoms with van der Waals surface area (Å²) in [5, 5.41) is 3.17. The van der Waals surface area contributed by atoms with E-state index in [2.05, 4.69) is 20.0 Å². The van der Waals surface area contributed by atoms with E-state index in [1.165, 1.54) is 31.2 Å². The van der Waals surface area contributed by atoms with Crippen molar-refractivity contribution < 1.29 is 13.2 Å². The number of para-hydroxylation sites is 2. The Balaban J connectivity index is 1.48. The number of rotatable bonds is 6. The van der Waals surface area contributed by atoms with E-state index in [1.807, 2.05) is 30.3 Å². The van der Waals surface area contributed by atoms with E-state index in [0.717, 1.165) is 16.6 Å². The summed E-state index contributed by atoms with van der Waals surface area (Å²) < 4.78 is 27.4. The van der Waals surface area contributed by atoms with Crippen molar-refractivity contribution in [3.05, 3.63) is 77.8 Å². The van der Waals surface area contributed by atoms with Crippen LogP contribution in [0.2, 0.25) is 5.02 Å². The molecule has 0 unspecified atom stereocenters. The minimum absolute atomic E-state index is 0.0310. The topological polar surface area (TPSA) is 104 Å². The molecule has 0 fully saturated rings. The zero-order valence-corrected chi connectivity index (χ0v) is 18.0. The van der Waals surface area contributed by atoms with Crippen molar-refractivity contribution in [3.8, 4) is 11.4 Å². The number of carbonyl (C=O) groups excluding carboxylic acids is 1. The Bertz CT molecular complexity index is 1320. The van der Waals surface area contributed by atoms with Crippen molar-refractivity contribution in [3.63, 3.8) is 0 Å². The van der Waals surface area contributed by atoms with Crippen molar-refractivity contribution in [2.45, 2.75) is 17.9 Å². The van der Waals surface area contributed by atoms with Gasteiger partial charge in [0, 0.05) is 16.3 Å². The summed E-state index contributed by atoms with van der Waals surface area (Å²) in [5.74, 6) is 0.188. The average Bonchev–Trinajstić information content (AvgIpc) is 3.18. The molecule has 4 aromatic rings. The summed E-state index contributed by atoms with van der Waals surface area (Å²) in [5.41, 5.74) is 3.08. The molecule has 0 radical (unpaired) electrons. The number of hydrogen-bond acceptors (Lipinski definition) is 4. The van der Waals surface area contributed by atoms with E-state index < -0.39 is 22.0 Å². The molecule has 0 bridgehead atoms. The lowest BCUT2D eigenvalue weighted by Gasteiger charge is -2.15. The second-order valence-electron chi connectivity index (χ2n) is 6.97. The highest BCUT2D eigenvalue weighted by atomic mass is 35.5. The molecule has 1 atom stereocenters. The Morgan fingerprint density at radius 3 is 2.52 bits per heavy atom. The molecule has 0 saturated carbocycles. The zero-order valence-electron chi connectivity index (χ0n) is 16.5. The molecule has 3 N–H and O–H groups in total. The van der Waals surface area contributed by atoms with Crippen LogP contribution in [0.3, 0.4) is 0 Å². The van der Waals surface area contributed by atoms with Crippen molar-refractivity contribution in [1.82, 2.24) is 14.7 Å². The van der Waals surface area contributed by atoms with Gasteiger partial charge in [-0.2, -0.15) is 4.72 Å². The van der Waals surface area contributed by atoms with Gasteiger partial charge in [0.15, 0.2) is 0 Å². The second kappa shape index (κ2) is 8.50. The molecule has 1 heterocycles. The molecule has 7 nitrogen and oxygen atoms in total. The molecular formula is C22H19ClN4O3S. The summed E-state index contributed by atoms with van der Waals surface area (Å²) in [6.45, 7) is 1.48. The quantitative estimate of drug-likeness (QED) is 0.406. The SMILES string of the molecule is C[C@H](NS(=O)(=O)c1ccc(Cl)cc1)C(=O)Nc1cccc(-c2nc3ccccc3[nH]2)c1. The fraction of sp³-hybridized carbons (Fsp3) is 0.0909. The first-order valence-electron chi connectivity index (χ1n) is 9.46. The van der Waals surface area contributed by atoms with Crippen molar-refractivity contribution in [2.24, 2.45) is 0 Å². The smallest absolute Gasteiger partial charge is 0.242 e. The summed E-state index contributed by atoms with van der Waals surface area (Å²) in [6.07, 6.45) is 0. The van der Waals surface area contributed by atoms with Gasteiger partial charge in [0.25, 0.3) is 0 Å². The van der Waals surface area contributed by atoms with Crippen LogP contribution in [-0.4, -0.2) is 30.3 Å². The number of anilines is 1. The maximum atomic E-state index is 12.6. The van der Waals surface area contributed by atoms with Gasteiger partial charge in [0.1, 0.15) is 5.82 Å². The number of carbonyl (C=O) groups is 1. The number of imidazole rings is 1. The van der Waals surface area contributed by atoms with Crippen molar-refractivity contribution in [1.29, 1.82) is 0 Å². The van der Waals surface area contributed by atoms with Crippen molar-refractivity contribution >= 4 is 44.3 Å². The molecule has 0 aliphatic rings. The predicted molar refractivity (Wildman–Crippen MR) is 121 cm³/mol. The highest BCUT2D eigenvalue weighted by Crippen LogP contribution is 2.23. The number of aromatic amines is 1. The molecule has 31 heavy (non-hydrogen) atoms. The molecular weight excluding hydrogens is 436 g/mol. The lowest BCUT2D eigenvalue weighted by atomic mass is 10.2. The Kier molecular flexibility index (Phi) is 5.77. The first-order valence-corrected chi connectivity index (χ1v) is 11.3. The van der Waals surface area contributed by atoms with Crippen LogP contribution in [0, 0.1) is 0 Å². The third-order valence-electron chi connectivity index (χ3n) is 4.64. The molecule has 0 aliphatic carbocycles. The second-order valence-corrected chi connectivity index (χ2v) is 9.12. The van der Waals surface area contributed by atoms with Crippen LogP contribution in [0.25, 0.3) is 22.4 Å². The number of nitrogens with zero attached hydrogens (tertiary/aromatic N) is 1. The summed E-state index contributed by atoms with van der Waals surface area (Å²) in [7, 11) is -3.86. The Hall–Kier alpha value is -3.20. The van der Waals surface area contributed by atoms with Crippen LogP contribution in [-0.2, 0) is 14.8 Å². The first kappa shape index (κ1) is 21.0. The van der Waals surface area contributed by atoms with Gasteiger partial charge in [-0.15, -0.1) is 0 Å². The van der Waals surface area contributed by atoms with Gasteiger partial charge in [-0.25, -0.2) is 13.4 Å². The number of halogens is 1. The van der Waals surface area contributed by atoms with Crippen LogP contribution in [0.4, 0.5) is 5.69 Å². The molecule has 1 amide bonds. The standard InChI is InChI=1S/C22H19ClN4O3S/c1-14(27-31(29,30)18-11-9-16(23)10-12-18)22(28)24-17-6-4-5-15(13-17)21-25-19-7-2-3-8-20(19)26-21/h2-14,27H,1H3,(H,24,28)(H,25,26)/t14-/m0/s1. The van der Waals surface area contributed by atoms with Gasteiger partial charge in [-0.3, -0.25) is 4.79 Å².